The first-order valence-corrected chi connectivity index (χ1v) is 9.40. The van der Waals surface area contributed by atoms with E-state index < -0.39 is 0 Å². The molecule has 0 fully saturated rings. The second-order valence-electron chi connectivity index (χ2n) is 6.72. The van der Waals surface area contributed by atoms with E-state index in [0.717, 1.165) is 12.0 Å². The Morgan fingerprint density at radius 1 is 1.03 bits per heavy atom. The smallest absolute Gasteiger partial charge is 0.276 e. The number of nitrogens with zero attached hydrogens (tertiary/aromatic N) is 2. The van der Waals surface area contributed by atoms with E-state index in [-0.39, 0.29) is 23.5 Å². The van der Waals surface area contributed by atoms with E-state index in [1.807, 2.05) is 26.0 Å². The van der Waals surface area contributed by atoms with Gasteiger partial charge in [-0.05, 0) is 62.2 Å². The maximum absolute atomic E-state index is 12.9. The number of rotatable bonds is 8. The largest absolute Gasteiger partial charge is 0.489 e. The van der Waals surface area contributed by atoms with Crippen LogP contribution >= 0.6 is 0 Å². The van der Waals surface area contributed by atoms with Crippen LogP contribution in [0.2, 0.25) is 0 Å². The highest BCUT2D eigenvalue weighted by Crippen LogP contribution is 2.25. The maximum Gasteiger partial charge on any atom is 0.276 e. The minimum Gasteiger partial charge on any atom is -0.489 e. The zero-order chi connectivity index (χ0) is 20.6. The van der Waals surface area contributed by atoms with E-state index in [4.69, 9.17) is 4.74 Å². The van der Waals surface area contributed by atoms with Crippen LogP contribution in [0.4, 0.5) is 15.9 Å². The molecule has 0 bridgehead atoms. The molecule has 1 aromatic heterocycles. The van der Waals surface area contributed by atoms with Crippen LogP contribution in [0.1, 0.15) is 29.9 Å². The van der Waals surface area contributed by atoms with Gasteiger partial charge in [-0.1, -0.05) is 24.3 Å². The van der Waals surface area contributed by atoms with Crippen molar-refractivity contribution >= 4 is 17.4 Å². The third kappa shape index (κ3) is 6.00. The van der Waals surface area contributed by atoms with Crippen LogP contribution in [-0.2, 0) is 6.42 Å². The van der Waals surface area contributed by atoms with E-state index in [1.54, 1.807) is 36.4 Å². The summed E-state index contributed by atoms with van der Waals surface area (Å²) in [5.41, 5.74) is 1.80. The second-order valence-corrected chi connectivity index (χ2v) is 6.72. The normalized spacial score (nSPS) is 10.6. The molecule has 29 heavy (non-hydrogen) atoms. The van der Waals surface area contributed by atoms with Crippen molar-refractivity contribution in [3.05, 3.63) is 77.7 Å². The fraction of sp³-hybridized carbons (Fsp3) is 0.227. The van der Waals surface area contributed by atoms with Crippen molar-refractivity contribution < 1.29 is 13.9 Å². The fourth-order valence-electron chi connectivity index (χ4n) is 2.65. The molecule has 3 aromatic rings. The lowest BCUT2D eigenvalue weighted by Crippen LogP contribution is -2.16. The number of carbonyl (C=O) groups excluding carboxylic acids is 1. The van der Waals surface area contributed by atoms with Gasteiger partial charge >= 0.3 is 0 Å². The molecule has 1 amide bonds. The van der Waals surface area contributed by atoms with Crippen molar-refractivity contribution in [1.82, 2.24) is 10.2 Å². The van der Waals surface area contributed by atoms with Crippen LogP contribution in [0, 0.1) is 5.82 Å². The van der Waals surface area contributed by atoms with Gasteiger partial charge < -0.3 is 15.4 Å². The second kappa shape index (κ2) is 9.64. The van der Waals surface area contributed by atoms with E-state index in [0.29, 0.717) is 23.8 Å². The maximum atomic E-state index is 12.9. The van der Waals surface area contributed by atoms with Crippen LogP contribution in [-0.4, -0.2) is 28.8 Å². The molecule has 0 atom stereocenters. The number of ether oxygens (including phenoxy) is 1. The highest BCUT2D eigenvalue weighted by molar-refractivity contribution is 6.03. The highest BCUT2D eigenvalue weighted by atomic mass is 19.1. The zero-order valence-corrected chi connectivity index (χ0v) is 16.4. The Hall–Kier alpha value is -3.48. The number of para-hydroxylation sites is 2. The van der Waals surface area contributed by atoms with Crippen molar-refractivity contribution in [2.75, 3.05) is 17.2 Å². The van der Waals surface area contributed by atoms with Gasteiger partial charge in [0.1, 0.15) is 17.4 Å². The van der Waals surface area contributed by atoms with Crippen molar-refractivity contribution in [2.24, 2.45) is 0 Å². The third-order valence-corrected chi connectivity index (χ3v) is 4.03. The van der Waals surface area contributed by atoms with Gasteiger partial charge in [-0.2, -0.15) is 0 Å². The molecule has 0 spiro atoms. The summed E-state index contributed by atoms with van der Waals surface area (Å²) in [5, 5.41) is 14.0. The summed E-state index contributed by atoms with van der Waals surface area (Å²) in [7, 11) is 0. The van der Waals surface area contributed by atoms with Crippen LogP contribution in [0.3, 0.4) is 0 Å². The minimum absolute atomic E-state index is 0.00638. The quantitative estimate of drug-likeness (QED) is 0.595. The van der Waals surface area contributed by atoms with Crippen molar-refractivity contribution in [3.8, 4) is 5.75 Å². The summed E-state index contributed by atoms with van der Waals surface area (Å²) < 4.78 is 18.6. The average Bonchev–Trinajstić information content (AvgIpc) is 2.71. The summed E-state index contributed by atoms with van der Waals surface area (Å²) in [4.78, 5) is 12.5. The molecule has 0 aliphatic carbocycles. The van der Waals surface area contributed by atoms with Gasteiger partial charge in [0.2, 0.25) is 0 Å². The van der Waals surface area contributed by atoms with Gasteiger partial charge in [0, 0.05) is 6.54 Å². The molecular formula is C22H23FN4O2. The fourth-order valence-corrected chi connectivity index (χ4v) is 2.65. The summed E-state index contributed by atoms with van der Waals surface area (Å²) in [6.45, 7) is 4.46. The average molecular weight is 394 g/mol. The zero-order valence-electron chi connectivity index (χ0n) is 16.4. The number of carbonyl (C=O) groups is 1. The standard InChI is InChI=1S/C22H23FN4O2/c1-15(2)29-20-6-4-3-5-18(20)25-22(28)19-11-12-21(27-26-19)24-14-13-16-7-9-17(23)10-8-16/h3-12,15H,13-14H2,1-2H3,(H,24,27)(H,25,28). The molecule has 0 aliphatic rings. The summed E-state index contributed by atoms with van der Waals surface area (Å²) in [6.07, 6.45) is 0.713. The number of halogens is 1. The molecule has 150 valence electrons. The molecule has 1 heterocycles. The number of amides is 1. The third-order valence-electron chi connectivity index (χ3n) is 4.03. The number of hydrogen-bond donors (Lipinski definition) is 2. The predicted octanol–water partition coefficient (Wildman–Crippen LogP) is 4.31. The molecule has 0 saturated heterocycles. The van der Waals surface area contributed by atoms with E-state index in [9.17, 15) is 9.18 Å². The molecule has 2 N–H and O–H groups in total. The van der Waals surface area contributed by atoms with Crippen LogP contribution < -0.4 is 15.4 Å². The van der Waals surface area contributed by atoms with E-state index in [2.05, 4.69) is 20.8 Å². The van der Waals surface area contributed by atoms with Gasteiger partial charge in [-0.3, -0.25) is 4.79 Å². The Bertz CT molecular complexity index is 944. The summed E-state index contributed by atoms with van der Waals surface area (Å²) in [6, 6.07) is 16.9. The molecule has 7 heteroatoms. The highest BCUT2D eigenvalue weighted by Gasteiger charge is 2.12. The minimum atomic E-state index is -0.366. The number of benzene rings is 2. The van der Waals surface area contributed by atoms with E-state index >= 15 is 0 Å². The van der Waals surface area contributed by atoms with Crippen LogP contribution in [0.25, 0.3) is 0 Å². The SMILES string of the molecule is CC(C)Oc1ccccc1NC(=O)c1ccc(NCCc2ccc(F)cc2)nn1. The first-order valence-electron chi connectivity index (χ1n) is 9.40. The molecule has 0 aliphatic heterocycles. The lowest BCUT2D eigenvalue weighted by molar-refractivity contribution is 0.102. The van der Waals surface area contributed by atoms with Crippen molar-refractivity contribution in [3.63, 3.8) is 0 Å². The molecule has 3 rings (SSSR count). The van der Waals surface area contributed by atoms with Gasteiger partial charge in [0.05, 0.1) is 11.8 Å². The van der Waals surface area contributed by atoms with Gasteiger partial charge in [-0.15, -0.1) is 10.2 Å². The first-order chi connectivity index (χ1) is 14.0. The summed E-state index contributed by atoms with van der Waals surface area (Å²) >= 11 is 0. The number of nitrogens with one attached hydrogen (secondary N) is 2. The lowest BCUT2D eigenvalue weighted by atomic mass is 10.1. The number of aromatic nitrogens is 2. The van der Waals surface area contributed by atoms with Gasteiger partial charge in [-0.25, -0.2) is 4.39 Å². The van der Waals surface area contributed by atoms with Gasteiger partial charge in [0.25, 0.3) is 5.91 Å². The Labute approximate surface area is 169 Å². The van der Waals surface area contributed by atoms with Crippen LogP contribution in [0.15, 0.2) is 60.7 Å². The monoisotopic (exact) mass is 394 g/mol. The molecule has 2 aromatic carbocycles. The topological polar surface area (TPSA) is 76.1 Å². The Morgan fingerprint density at radius 3 is 2.48 bits per heavy atom. The van der Waals surface area contributed by atoms with E-state index in [1.165, 1.54) is 12.1 Å². The molecule has 0 saturated carbocycles. The Balaban J connectivity index is 1.55. The first kappa shape index (κ1) is 20.3. The van der Waals surface area contributed by atoms with Crippen LogP contribution in [0.5, 0.6) is 5.75 Å². The number of hydrogen-bond acceptors (Lipinski definition) is 5. The van der Waals surface area contributed by atoms with Gasteiger partial charge in [0.15, 0.2) is 5.69 Å². The Kier molecular flexibility index (Phi) is 6.73. The molecule has 0 unspecified atom stereocenters. The lowest BCUT2D eigenvalue weighted by Gasteiger charge is -2.14. The van der Waals surface area contributed by atoms with Crippen molar-refractivity contribution in [1.29, 1.82) is 0 Å². The Morgan fingerprint density at radius 2 is 1.79 bits per heavy atom. The molecular weight excluding hydrogens is 371 g/mol. The molecule has 6 nitrogen and oxygen atoms in total. The van der Waals surface area contributed by atoms with Crippen molar-refractivity contribution in [2.45, 2.75) is 26.4 Å². The summed E-state index contributed by atoms with van der Waals surface area (Å²) in [5.74, 6) is 0.546. The number of anilines is 2. The predicted molar refractivity (Wildman–Crippen MR) is 111 cm³/mol. The molecule has 0 radical (unpaired) electrons.